The number of thioether (sulfide) groups is 1. The van der Waals surface area contributed by atoms with Gasteiger partial charge in [-0.1, -0.05) is 35.5 Å². The quantitative estimate of drug-likeness (QED) is 0.723. The van der Waals surface area contributed by atoms with Gasteiger partial charge in [-0.25, -0.2) is 4.39 Å². The number of carbonyl (C=O) groups excluding carboxylic acids is 1. The van der Waals surface area contributed by atoms with Crippen LogP contribution < -0.4 is 10.1 Å². The molecule has 0 unspecified atom stereocenters. The van der Waals surface area contributed by atoms with Gasteiger partial charge in [0.05, 0.1) is 29.1 Å². The Morgan fingerprint density at radius 2 is 2.08 bits per heavy atom. The molecule has 0 aliphatic heterocycles. The van der Waals surface area contributed by atoms with Crippen LogP contribution in [0.15, 0.2) is 41.3 Å². The van der Waals surface area contributed by atoms with Crippen molar-refractivity contribution in [3.63, 3.8) is 0 Å². The zero-order valence-electron chi connectivity index (χ0n) is 12.5. The van der Waals surface area contributed by atoms with E-state index in [-0.39, 0.29) is 39.5 Å². The number of hydrogen-bond donors (Lipinski definition) is 1. The minimum absolute atomic E-state index is 0.0737. The highest BCUT2D eigenvalue weighted by molar-refractivity contribution is 7.99. The average molecular weight is 376 g/mol. The number of nitrogens with one attached hydrogen (secondary N) is 1. The van der Waals surface area contributed by atoms with Gasteiger partial charge in [-0.3, -0.25) is 4.79 Å². The molecule has 0 spiro atoms. The Morgan fingerprint density at radius 1 is 1.33 bits per heavy atom. The van der Waals surface area contributed by atoms with Crippen molar-refractivity contribution in [1.29, 1.82) is 0 Å². The molecule has 0 saturated carbocycles. The second-order valence-corrected chi connectivity index (χ2v) is 6.10. The summed E-state index contributed by atoms with van der Waals surface area (Å²) in [6.07, 6.45) is -0.119. The van der Waals surface area contributed by atoms with E-state index >= 15 is 0 Å². The van der Waals surface area contributed by atoms with E-state index in [0.717, 1.165) is 0 Å². The summed E-state index contributed by atoms with van der Waals surface area (Å²) in [6, 6.07) is 8.62. The van der Waals surface area contributed by atoms with Crippen LogP contribution in [0, 0.1) is 5.82 Å². The lowest BCUT2D eigenvalue weighted by atomic mass is 10.1. The number of rotatable bonds is 6. The predicted octanol–water partition coefficient (Wildman–Crippen LogP) is 4.98. The van der Waals surface area contributed by atoms with E-state index in [1.807, 2.05) is 0 Å². The normalized spacial score (nSPS) is 10.8. The largest absolute Gasteiger partial charge is 0.494 e. The summed E-state index contributed by atoms with van der Waals surface area (Å²) in [7, 11) is 1.34. The fourth-order valence-electron chi connectivity index (χ4n) is 2.02. The summed E-state index contributed by atoms with van der Waals surface area (Å²) in [6.45, 7) is 0. The maximum Gasteiger partial charge on any atom is 0.289 e. The number of amides is 1. The second-order valence-electron chi connectivity index (χ2n) is 4.69. The number of anilines is 1. The molecule has 0 heterocycles. The molecule has 2 aromatic rings. The maximum absolute atomic E-state index is 13.6. The second kappa shape index (κ2) is 8.30. The van der Waals surface area contributed by atoms with Crippen LogP contribution in [0.1, 0.15) is 5.56 Å². The van der Waals surface area contributed by atoms with Crippen molar-refractivity contribution < 1.29 is 22.7 Å². The number of alkyl halides is 2. The van der Waals surface area contributed by atoms with Gasteiger partial charge in [0.25, 0.3) is 5.76 Å². The molecule has 1 N–H and O–H groups in total. The van der Waals surface area contributed by atoms with Gasteiger partial charge in [-0.2, -0.15) is 8.78 Å². The van der Waals surface area contributed by atoms with Gasteiger partial charge in [-0.05, 0) is 29.8 Å². The van der Waals surface area contributed by atoms with E-state index in [9.17, 15) is 18.0 Å². The molecule has 2 rings (SSSR count). The fourth-order valence-corrected chi connectivity index (χ4v) is 2.93. The van der Waals surface area contributed by atoms with Crippen LogP contribution in [-0.4, -0.2) is 18.8 Å². The third kappa shape index (κ3) is 4.82. The van der Waals surface area contributed by atoms with E-state index in [2.05, 4.69) is 5.32 Å². The molecule has 0 aliphatic carbocycles. The number of carbonyl (C=O) groups is 1. The monoisotopic (exact) mass is 375 g/mol. The molecule has 3 nitrogen and oxygen atoms in total. The molecule has 0 aliphatic rings. The van der Waals surface area contributed by atoms with Gasteiger partial charge in [0.2, 0.25) is 5.91 Å². The van der Waals surface area contributed by atoms with E-state index in [1.165, 1.54) is 31.4 Å². The molecule has 8 heteroatoms. The van der Waals surface area contributed by atoms with Crippen molar-refractivity contribution in [1.82, 2.24) is 0 Å². The number of benzene rings is 2. The highest BCUT2D eigenvalue weighted by atomic mass is 35.5. The van der Waals surface area contributed by atoms with Crippen LogP contribution in [0.4, 0.5) is 18.9 Å². The minimum Gasteiger partial charge on any atom is -0.494 e. The Bertz CT molecular complexity index is 743. The Kier molecular flexibility index (Phi) is 6.39. The number of halogens is 4. The lowest BCUT2D eigenvalue weighted by Crippen LogP contribution is -2.15. The molecule has 0 atom stereocenters. The molecule has 0 bridgehead atoms. The van der Waals surface area contributed by atoms with Crippen molar-refractivity contribution in [2.75, 3.05) is 12.4 Å². The highest BCUT2D eigenvalue weighted by Crippen LogP contribution is 2.37. The van der Waals surface area contributed by atoms with E-state index in [4.69, 9.17) is 16.3 Å². The first-order valence-electron chi connectivity index (χ1n) is 6.76. The third-order valence-corrected chi connectivity index (χ3v) is 4.31. The molecular weight excluding hydrogens is 363 g/mol. The smallest absolute Gasteiger partial charge is 0.289 e. The summed E-state index contributed by atoms with van der Waals surface area (Å²) >= 11 is 6.15. The van der Waals surface area contributed by atoms with Crippen LogP contribution >= 0.6 is 23.4 Å². The van der Waals surface area contributed by atoms with Crippen molar-refractivity contribution in [3.8, 4) is 5.75 Å². The van der Waals surface area contributed by atoms with Crippen LogP contribution in [0.3, 0.4) is 0 Å². The van der Waals surface area contributed by atoms with Crippen LogP contribution in [0.5, 0.6) is 5.75 Å². The standard InChI is InChI=1S/C16H13ClF3NO2S/c1-23-13-6-5-9(7-11(13)18)8-14(22)21-12-4-2-3-10(17)15(12)24-16(19)20/h2-7,16H,8H2,1H3,(H,21,22). The molecule has 24 heavy (non-hydrogen) atoms. The highest BCUT2D eigenvalue weighted by Gasteiger charge is 2.16. The van der Waals surface area contributed by atoms with Crippen molar-refractivity contribution in [2.45, 2.75) is 17.1 Å². The molecule has 0 fully saturated rings. The van der Waals surface area contributed by atoms with Crippen molar-refractivity contribution in [3.05, 3.63) is 52.8 Å². The third-order valence-electron chi connectivity index (χ3n) is 3.03. The Labute approximate surface area is 146 Å². The fraction of sp³-hybridized carbons (Fsp3) is 0.188. The Hall–Kier alpha value is -1.86. The molecular formula is C16H13ClF3NO2S. The van der Waals surface area contributed by atoms with Gasteiger partial charge in [0.1, 0.15) is 0 Å². The summed E-state index contributed by atoms with van der Waals surface area (Å²) in [5.41, 5.74) is 0.614. The zero-order chi connectivity index (χ0) is 17.7. The predicted molar refractivity (Wildman–Crippen MR) is 88.6 cm³/mol. The maximum atomic E-state index is 13.6. The Morgan fingerprint density at radius 3 is 2.71 bits per heavy atom. The van der Waals surface area contributed by atoms with Gasteiger partial charge < -0.3 is 10.1 Å². The lowest BCUT2D eigenvalue weighted by Gasteiger charge is -2.12. The first kappa shape index (κ1) is 18.5. The SMILES string of the molecule is COc1ccc(CC(=O)Nc2cccc(Cl)c2SC(F)F)cc1F. The van der Waals surface area contributed by atoms with E-state index in [0.29, 0.717) is 5.56 Å². The zero-order valence-corrected chi connectivity index (χ0v) is 14.1. The Balaban J connectivity index is 2.13. The summed E-state index contributed by atoms with van der Waals surface area (Å²) in [4.78, 5) is 12.2. The molecule has 0 saturated heterocycles. The molecule has 0 radical (unpaired) electrons. The van der Waals surface area contributed by atoms with Crippen molar-refractivity contribution in [2.24, 2.45) is 0 Å². The molecule has 1 amide bonds. The number of methoxy groups -OCH3 is 1. The number of hydrogen-bond acceptors (Lipinski definition) is 3. The van der Waals surface area contributed by atoms with Gasteiger partial charge in [0.15, 0.2) is 11.6 Å². The lowest BCUT2D eigenvalue weighted by molar-refractivity contribution is -0.115. The first-order chi connectivity index (χ1) is 11.4. The van der Waals surface area contributed by atoms with Crippen LogP contribution in [0.2, 0.25) is 5.02 Å². The van der Waals surface area contributed by atoms with Gasteiger partial charge >= 0.3 is 0 Å². The average Bonchev–Trinajstić information content (AvgIpc) is 2.50. The van der Waals surface area contributed by atoms with Gasteiger partial charge in [0, 0.05) is 0 Å². The minimum atomic E-state index is -2.67. The molecule has 128 valence electrons. The topological polar surface area (TPSA) is 38.3 Å². The number of ether oxygens (including phenoxy) is 1. The summed E-state index contributed by atoms with van der Waals surface area (Å²) in [5, 5.41) is 2.64. The van der Waals surface area contributed by atoms with Crippen molar-refractivity contribution >= 4 is 35.0 Å². The van der Waals surface area contributed by atoms with E-state index < -0.39 is 17.5 Å². The van der Waals surface area contributed by atoms with Crippen LogP contribution in [0.25, 0.3) is 0 Å². The molecule has 2 aromatic carbocycles. The van der Waals surface area contributed by atoms with Crippen LogP contribution in [-0.2, 0) is 11.2 Å². The molecule has 0 aromatic heterocycles. The first-order valence-corrected chi connectivity index (χ1v) is 8.02. The summed E-state index contributed by atoms with van der Waals surface area (Å²) in [5.74, 6) is -3.65. The summed E-state index contributed by atoms with van der Waals surface area (Å²) < 4.78 is 43.7. The van der Waals surface area contributed by atoms with Gasteiger partial charge in [-0.15, -0.1) is 0 Å². The van der Waals surface area contributed by atoms with E-state index in [1.54, 1.807) is 12.1 Å².